The topological polar surface area (TPSA) is 72.8 Å². The Kier molecular flexibility index (Phi) is 38.5. The SMILES string of the molecule is CCCCCCCCCCCCCCCCCCOC(=O)C(Cc1cc(CCCC)c(O)c(CCCC)c1)C(=O)OCCCCCCCCCCCCCCCCCC. The van der Waals surface area contributed by atoms with Crippen molar-refractivity contribution in [2.75, 3.05) is 13.2 Å². The fraction of sp³-hybridized carbons (Fsp3) is 0.852. The summed E-state index contributed by atoms with van der Waals surface area (Å²) in [5.74, 6) is -1.55. The summed E-state index contributed by atoms with van der Waals surface area (Å²) in [5, 5.41) is 11.1. The number of rotatable bonds is 44. The van der Waals surface area contributed by atoms with Gasteiger partial charge in [-0.2, -0.15) is 0 Å². The minimum Gasteiger partial charge on any atom is -0.507 e. The lowest BCUT2D eigenvalue weighted by molar-refractivity contribution is -0.162. The number of unbranched alkanes of at least 4 members (excludes halogenated alkanes) is 32. The molecule has 0 spiro atoms. The largest absolute Gasteiger partial charge is 0.507 e. The second kappa shape index (κ2) is 41.3. The van der Waals surface area contributed by atoms with Crippen molar-refractivity contribution >= 4 is 11.9 Å². The molecule has 0 aliphatic heterocycles. The van der Waals surface area contributed by atoms with Gasteiger partial charge in [0.1, 0.15) is 5.75 Å². The Labute approximate surface area is 366 Å². The molecule has 1 N–H and O–H groups in total. The molecule has 1 aromatic rings. The zero-order valence-electron chi connectivity index (χ0n) is 39.8. The highest BCUT2D eigenvalue weighted by atomic mass is 16.6. The minimum absolute atomic E-state index is 0.244. The molecular weight excluding hydrogens is 729 g/mol. The van der Waals surface area contributed by atoms with Gasteiger partial charge in [-0.1, -0.05) is 245 Å². The summed E-state index contributed by atoms with van der Waals surface area (Å²) in [5.41, 5.74) is 2.73. The van der Waals surface area contributed by atoms with E-state index < -0.39 is 17.9 Å². The predicted molar refractivity (Wildman–Crippen MR) is 254 cm³/mol. The zero-order chi connectivity index (χ0) is 42.9. The third kappa shape index (κ3) is 31.5. The van der Waals surface area contributed by atoms with E-state index in [1.54, 1.807) is 0 Å². The van der Waals surface area contributed by atoms with Gasteiger partial charge in [-0.15, -0.1) is 0 Å². The summed E-state index contributed by atoms with van der Waals surface area (Å²) in [6, 6.07) is 4.00. The van der Waals surface area contributed by atoms with Gasteiger partial charge >= 0.3 is 11.9 Å². The second-order valence-corrected chi connectivity index (χ2v) is 18.2. The monoisotopic (exact) mass is 827 g/mol. The van der Waals surface area contributed by atoms with E-state index in [2.05, 4.69) is 27.7 Å². The van der Waals surface area contributed by atoms with E-state index in [9.17, 15) is 14.7 Å². The lowest BCUT2D eigenvalue weighted by Crippen LogP contribution is -2.30. The predicted octanol–water partition coefficient (Wildman–Crippen LogP) is 16.8. The van der Waals surface area contributed by atoms with E-state index in [-0.39, 0.29) is 6.42 Å². The van der Waals surface area contributed by atoms with E-state index >= 15 is 0 Å². The van der Waals surface area contributed by atoms with Crippen LogP contribution in [-0.2, 0) is 38.3 Å². The van der Waals surface area contributed by atoms with Gasteiger partial charge in [-0.05, 0) is 61.6 Å². The van der Waals surface area contributed by atoms with Crippen molar-refractivity contribution in [3.05, 3.63) is 28.8 Å². The molecular formula is C54H98O5. The Morgan fingerprint density at radius 1 is 0.407 bits per heavy atom. The average molecular weight is 827 g/mol. The van der Waals surface area contributed by atoms with Crippen molar-refractivity contribution < 1.29 is 24.2 Å². The highest BCUT2D eigenvalue weighted by Gasteiger charge is 2.31. The quantitative estimate of drug-likeness (QED) is 0.0403. The summed E-state index contributed by atoms with van der Waals surface area (Å²) in [6.45, 7) is 9.56. The Hall–Kier alpha value is -2.04. The number of aryl methyl sites for hydroxylation is 2. The first kappa shape index (κ1) is 55.0. The number of aromatic hydroxyl groups is 1. The third-order valence-electron chi connectivity index (χ3n) is 12.4. The molecule has 0 fully saturated rings. The van der Waals surface area contributed by atoms with Crippen LogP contribution in [0.2, 0.25) is 0 Å². The molecule has 5 heteroatoms. The lowest BCUT2D eigenvalue weighted by atomic mass is 9.92. The number of hydrogen-bond acceptors (Lipinski definition) is 5. The van der Waals surface area contributed by atoms with Crippen molar-refractivity contribution in [3.63, 3.8) is 0 Å². The molecule has 0 atom stereocenters. The van der Waals surface area contributed by atoms with E-state index in [4.69, 9.17) is 9.47 Å². The van der Waals surface area contributed by atoms with Crippen LogP contribution in [0.1, 0.15) is 276 Å². The van der Waals surface area contributed by atoms with Crippen LogP contribution in [0.5, 0.6) is 5.75 Å². The second-order valence-electron chi connectivity index (χ2n) is 18.2. The number of carbonyl (C=O) groups is 2. The van der Waals surface area contributed by atoms with Gasteiger partial charge in [0.2, 0.25) is 0 Å². The lowest BCUT2D eigenvalue weighted by Gasteiger charge is -2.18. The molecule has 59 heavy (non-hydrogen) atoms. The highest BCUT2D eigenvalue weighted by Crippen LogP contribution is 2.30. The Morgan fingerprint density at radius 2 is 0.661 bits per heavy atom. The molecule has 1 rings (SSSR count). The first-order valence-electron chi connectivity index (χ1n) is 26.1. The van der Waals surface area contributed by atoms with E-state index in [0.717, 1.165) is 93.7 Å². The molecule has 0 unspecified atom stereocenters. The van der Waals surface area contributed by atoms with Crippen LogP contribution in [0.25, 0.3) is 0 Å². The number of esters is 2. The van der Waals surface area contributed by atoms with Gasteiger partial charge in [0.25, 0.3) is 0 Å². The summed E-state index contributed by atoms with van der Waals surface area (Å²) in [4.78, 5) is 27.1. The molecule has 0 amide bonds. The van der Waals surface area contributed by atoms with E-state index in [1.807, 2.05) is 12.1 Å². The van der Waals surface area contributed by atoms with Crippen LogP contribution >= 0.6 is 0 Å². The van der Waals surface area contributed by atoms with Crippen LogP contribution in [0.15, 0.2) is 12.1 Å². The number of hydrogen-bond donors (Lipinski definition) is 1. The normalized spacial score (nSPS) is 11.5. The molecule has 1 aromatic carbocycles. The fourth-order valence-corrected chi connectivity index (χ4v) is 8.41. The van der Waals surface area contributed by atoms with Gasteiger partial charge in [-0.25, -0.2) is 0 Å². The molecule has 0 saturated heterocycles. The van der Waals surface area contributed by atoms with Crippen molar-refractivity contribution in [2.24, 2.45) is 5.92 Å². The molecule has 0 aromatic heterocycles. The summed E-state index contributed by atoms with van der Waals surface area (Å²) in [6.07, 6.45) is 47.4. The molecule has 5 nitrogen and oxygen atoms in total. The van der Waals surface area contributed by atoms with Crippen LogP contribution in [0, 0.1) is 5.92 Å². The number of phenolic OH excluding ortho intramolecular Hbond substituents is 1. The fourth-order valence-electron chi connectivity index (χ4n) is 8.41. The van der Waals surface area contributed by atoms with Crippen molar-refractivity contribution in [1.29, 1.82) is 0 Å². The van der Waals surface area contributed by atoms with Gasteiger partial charge in [0, 0.05) is 0 Å². The molecule has 0 radical (unpaired) electrons. The molecule has 0 aliphatic rings. The smallest absolute Gasteiger partial charge is 0.320 e. The summed E-state index contributed by atoms with van der Waals surface area (Å²) in [7, 11) is 0. The Balaban J connectivity index is 2.49. The van der Waals surface area contributed by atoms with Gasteiger partial charge in [0.15, 0.2) is 5.92 Å². The first-order chi connectivity index (χ1) is 29.0. The van der Waals surface area contributed by atoms with Crippen LogP contribution in [-0.4, -0.2) is 30.3 Å². The number of ether oxygens (including phenoxy) is 2. The summed E-state index contributed by atoms with van der Waals surface area (Å²) >= 11 is 0. The Morgan fingerprint density at radius 3 is 0.932 bits per heavy atom. The maximum atomic E-state index is 13.5. The highest BCUT2D eigenvalue weighted by molar-refractivity contribution is 5.95. The van der Waals surface area contributed by atoms with E-state index in [1.165, 1.54) is 167 Å². The van der Waals surface area contributed by atoms with Gasteiger partial charge in [0.05, 0.1) is 13.2 Å². The zero-order valence-corrected chi connectivity index (χ0v) is 39.8. The number of benzene rings is 1. The molecule has 0 saturated carbocycles. The van der Waals surface area contributed by atoms with Crippen LogP contribution < -0.4 is 0 Å². The molecule has 0 bridgehead atoms. The van der Waals surface area contributed by atoms with Crippen molar-refractivity contribution in [3.8, 4) is 5.75 Å². The third-order valence-corrected chi connectivity index (χ3v) is 12.4. The van der Waals surface area contributed by atoms with Gasteiger partial charge < -0.3 is 14.6 Å². The van der Waals surface area contributed by atoms with Crippen LogP contribution in [0.4, 0.5) is 0 Å². The van der Waals surface area contributed by atoms with Crippen LogP contribution in [0.3, 0.4) is 0 Å². The average Bonchev–Trinajstić information content (AvgIpc) is 3.24. The summed E-state index contributed by atoms with van der Waals surface area (Å²) < 4.78 is 11.6. The molecule has 0 aliphatic carbocycles. The number of carbonyl (C=O) groups excluding carboxylic acids is 2. The number of phenols is 1. The van der Waals surface area contributed by atoms with Crippen molar-refractivity contribution in [1.82, 2.24) is 0 Å². The standard InChI is InChI=1S/C54H98O5/c1-5-9-13-15-17-19-21-23-25-27-29-31-33-35-37-39-43-58-53(56)51(47-48-45-49(41-11-7-3)52(55)50(46-48)42-12-8-4)54(57)59-44-40-38-36-34-32-30-28-26-24-22-20-18-16-14-10-6-2/h45-46,51,55H,5-44,47H2,1-4H3. The first-order valence-corrected chi connectivity index (χ1v) is 26.1. The molecule has 344 valence electrons. The minimum atomic E-state index is -0.986. The maximum absolute atomic E-state index is 13.5. The Bertz CT molecular complexity index is 1020. The maximum Gasteiger partial charge on any atom is 0.320 e. The van der Waals surface area contributed by atoms with Crippen molar-refractivity contribution in [2.45, 2.75) is 278 Å². The van der Waals surface area contributed by atoms with E-state index in [0.29, 0.717) is 19.0 Å². The van der Waals surface area contributed by atoms with Gasteiger partial charge in [-0.3, -0.25) is 9.59 Å². The molecule has 0 heterocycles.